The van der Waals surface area contributed by atoms with E-state index in [1.54, 1.807) is 24.3 Å². The fraction of sp³-hybridized carbons (Fsp3) is 0.158. The number of hydrogen-bond acceptors (Lipinski definition) is 6. The van der Waals surface area contributed by atoms with E-state index in [9.17, 15) is 19.7 Å². The number of imide groups is 1. The van der Waals surface area contributed by atoms with Gasteiger partial charge in [0.1, 0.15) is 16.5 Å². The molecule has 0 radical (unpaired) electrons. The van der Waals surface area contributed by atoms with Crippen LogP contribution in [0.3, 0.4) is 0 Å². The van der Waals surface area contributed by atoms with Crippen LogP contribution in [0.5, 0.6) is 5.75 Å². The molecule has 1 N–H and O–H groups in total. The minimum atomic E-state index is -0.752. The van der Waals surface area contributed by atoms with Crippen LogP contribution in [0.1, 0.15) is 13.3 Å². The fourth-order valence-electron chi connectivity index (χ4n) is 2.59. The highest BCUT2D eigenvalue weighted by atomic mass is 35.5. The number of nitrogens with zero attached hydrogens (tertiary/aromatic N) is 2. The molecule has 0 bridgehead atoms. The van der Waals surface area contributed by atoms with Gasteiger partial charge in [-0.05, 0) is 36.8 Å². The third-order valence-corrected chi connectivity index (χ3v) is 4.27. The molecule has 0 saturated heterocycles. The number of non-ortho nitro benzene ring substituents is 1. The summed E-state index contributed by atoms with van der Waals surface area (Å²) in [5, 5.41) is 13.5. The van der Waals surface area contributed by atoms with E-state index < -0.39 is 16.7 Å². The SMILES string of the molecule is CCCOc1ccc(NC2=C(Cl)C(=O)N(c3cccc([N+](=O)[O-])c3)C2=O)cc1. The Kier molecular flexibility index (Phi) is 5.60. The van der Waals surface area contributed by atoms with Crippen LogP contribution in [0.4, 0.5) is 17.1 Å². The Morgan fingerprint density at radius 3 is 2.50 bits per heavy atom. The molecule has 2 amide bonds. The number of nitro benzene ring substituents is 1. The molecule has 0 aromatic heterocycles. The largest absolute Gasteiger partial charge is 0.494 e. The van der Waals surface area contributed by atoms with Gasteiger partial charge in [0.2, 0.25) is 0 Å². The summed E-state index contributed by atoms with van der Waals surface area (Å²) in [6.45, 7) is 2.59. The van der Waals surface area contributed by atoms with E-state index in [-0.39, 0.29) is 22.1 Å². The average molecular weight is 402 g/mol. The Bertz CT molecular complexity index is 972. The molecule has 8 nitrogen and oxygen atoms in total. The highest BCUT2D eigenvalue weighted by Crippen LogP contribution is 2.32. The number of halogens is 1. The first kappa shape index (κ1) is 19.4. The second kappa shape index (κ2) is 8.10. The number of amides is 2. The van der Waals surface area contributed by atoms with Crippen LogP contribution in [0.25, 0.3) is 0 Å². The first-order valence-corrected chi connectivity index (χ1v) is 8.83. The smallest absolute Gasteiger partial charge is 0.283 e. The highest BCUT2D eigenvalue weighted by Gasteiger charge is 2.39. The maximum atomic E-state index is 12.7. The van der Waals surface area contributed by atoms with Crippen LogP contribution in [0.15, 0.2) is 59.3 Å². The summed E-state index contributed by atoms with van der Waals surface area (Å²) in [5.74, 6) is -0.765. The second-order valence-corrected chi connectivity index (χ2v) is 6.29. The number of nitrogens with one attached hydrogen (secondary N) is 1. The Morgan fingerprint density at radius 1 is 1.14 bits per heavy atom. The van der Waals surface area contributed by atoms with E-state index in [1.807, 2.05) is 6.92 Å². The van der Waals surface area contributed by atoms with Crippen molar-refractivity contribution in [3.05, 3.63) is 69.4 Å². The number of ether oxygens (including phenoxy) is 1. The molecule has 2 aromatic carbocycles. The summed E-state index contributed by atoms with van der Waals surface area (Å²) in [5.41, 5.74) is 0.278. The molecule has 0 aliphatic carbocycles. The van der Waals surface area contributed by atoms with Gasteiger partial charge in [-0.1, -0.05) is 24.6 Å². The second-order valence-electron chi connectivity index (χ2n) is 5.91. The highest BCUT2D eigenvalue weighted by molar-refractivity contribution is 6.53. The number of carbonyl (C=O) groups is 2. The maximum Gasteiger partial charge on any atom is 0.283 e. The lowest BCUT2D eigenvalue weighted by Gasteiger charge is -2.15. The molecule has 9 heteroatoms. The van der Waals surface area contributed by atoms with E-state index in [0.29, 0.717) is 18.0 Å². The summed E-state index contributed by atoms with van der Waals surface area (Å²) in [6, 6.07) is 12.1. The Balaban J connectivity index is 1.81. The predicted octanol–water partition coefficient (Wildman–Crippen LogP) is 3.82. The Labute approximate surface area is 165 Å². The Hall–Kier alpha value is -3.39. The van der Waals surface area contributed by atoms with Gasteiger partial charge in [-0.2, -0.15) is 0 Å². The van der Waals surface area contributed by atoms with Gasteiger partial charge in [0, 0.05) is 17.8 Å². The van der Waals surface area contributed by atoms with Crippen molar-refractivity contribution < 1.29 is 19.2 Å². The van der Waals surface area contributed by atoms with E-state index in [0.717, 1.165) is 17.4 Å². The molecule has 3 rings (SSSR count). The lowest BCUT2D eigenvalue weighted by atomic mass is 10.2. The van der Waals surface area contributed by atoms with Crippen LogP contribution in [0.2, 0.25) is 0 Å². The van der Waals surface area contributed by atoms with E-state index in [1.165, 1.54) is 18.2 Å². The summed E-state index contributed by atoms with van der Waals surface area (Å²) >= 11 is 6.07. The van der Waals surface area contributed by atoms with Gasteiger partial charge in [0.05, 0.1) is 17.2 Å². The van der Waals surface area contributed by atoms with Gasteiger partial charge in [-0.15, -0.1) is 0 Å². The molecule has 1 aliphatic rings. The van der Waals surface area contributed by atoms with Crippen molar-refractivity contribution in [1.82, 2.24) is 0 Å². The quantitative estimate of drug-likeness (QED) is 0.430. The van der Waals surface area contributed by atoms with Crippen molar-refractivity contribution >= 4 is 40.5 Å². The Morgan fingerprint density at radius 2 is 1.86 bits per heavy atom. The lowest BCUT2D eigenvalue weighted by molar-refractivity contribution is -0.384. The molecule has 0 saturated carbocycles. The van der Waals surface area contributed by atoms with Gasteiger partial charge in [0.25, 0.3) is 17.5 Å². The molecule has 0 unspecified atom stereocenters. The topological polar surface area (TPSA) is 102 Å². The van der Waals surface area contributed by atoms with Crippen LogP contribution in [-0.2, 0) is 9.59 Å². The van der Waals surface area contributed by atoms with Crippen molar-refractivity contribution in [3.8, 4) is 5.75 Å². The van der Waals surface area contributed by atoms with Crippen molar-refractivity contribution in [2.24, 2.45) is 0 Å². The molecular formula is C19H16ClN3O5. The zero-order valence-electron chi connectivity index (χ0n) is 14.8. The fourth-order valence-corrected chi connectivity index (χ4v) is 2.80. The summed E-state index contributed by atoms with van der Waals surface area (Å²) in [7, 11) is 0. The third-order valence-electron chi connectivity index (χ3n) is 3.92. The number of benzene rings is 2. The van der Waals surface area contributed by atoms with E-state index >= 15 is 0 Å². The standard InChI is InChI=1S/C19H16ClN3O5/c1-2-10-28-15-8-6-12(7-9-15)21-17-16(20)18(24)22(19(17)25)13-4-3-5-14(11-13)23(26)27/h3-9,11,21H,2,10H2,1H3. The van der Waals surface area contributed by atoms with Crippen molar-refractivity contribution in [3.63, 3.8) is 0 Å². The number of hydrogen-bond donors (Lipinski definition) is 1. The number of nitro groups is 1. The van der Waals surface area contributed by atoms with Gasteiger partial charge >= 0.3 is 0 Å². The van der Waals surface area contributed by atoms with Crippen molar-refractivity contribution in [2.45, 2.75) is 13.3 Å². The monoisotopic (exact) mass is 401 g/mol. The van der Waals surface area contributed by atoms with Crippen LogP contribution in [-0.4, -0.2) is 23.3 Å². The molecular weight excluding hydrogens is 386 g/mol. The van der Waals surface area contributed by atoms with Gasteiger partial charge in [-0.25, -0.2) is 4.90 Å². The minimum Gasteiger partial charge on any atom is -0.494 e. The summed E-state index contributed by atoms with van der Waals surface area (Å²) in [6.07, 6.45) is 0.882. The lowest BCUT2D eigenvalue weighted by Crippen LogP contribution is -2.32. The van der Waals surface area contributed by atoms with Crippen LogP contribution >= 0.6 is 11.6 Å². The van der Waals surface area contributed by atoms with Gasteiger partial charge in [-0.3, -0.25) is 19.7 Å². The normalized spacial score (nSPS) is 13.9. The predicted molar refractivity (Wildman–Crippen MR) is 104 cm³/mol. The summed E-state index contributed by atoms with van der Waals surface area (Å²) < 4.78 is 5.49. The van der Waals surface area contributed by atoms with Gasteiger partial charge < -0.3 is 10.1 Å². The van der Waals surface area contributed by atoms with Crippen molar-refractivity contribution in [2.75, 3.05) is 16.8 Å². The van der Waals surface area contributed by atoms with Gasteiger partial charge in [0.15, 0.2) is 0 Å². The van der Waals surface area contributed by atoms with Crippen LogP contribution < -0.4 is 15.0 Å². The molecule has 1 aliphatic heterocycles. The summed E-state index contributed by atoms with van der Waals surface area (Å²) in [4.78, 5) is 36.3. The third kappa shape index (κ3) is 3.81. The first-order valence-electron chi connectivity index (χ1n) is 8.45. The first-order chi connectivity index (χ1) is 13.4. The molecule has 0 fully saturated rings. The molecule has 144 valence electrons. The number of anilines is 2. The number of carbonyl (C=O) groups excluding carboxylic acids is 2. The zero-order valence-corrected chi connectivity index (χ0v) is 15.6. The minimum absolute atomic E-state index is 0.0717. The molecule has 28 heavy (non-hydrogen) atoms. The van der Waals surface area contributed by atoms with E-state index in [2.05, 4.69) is 5.32 Å². The molecule has 1 heterocycles. The van der Waals surface area contributed by atoms with Crippen LogP contribution in [0, 0.1) is 10.1 Å². The number of rotatable bonds is 7. The van der Waals surface area contributed by atoms with Crippen molar-refractivity contribution in [1.29, 1.82) is 0 Å². The molecule has 0 spiro atoms. The molecule has 0 atom stereocenters. The average Bonchev–Trinajstić information content (AvgIpc) is 2.90. The molecule has 2 aromatic rings. The van der Waals surface area contributed by atoms with E-state index in [4.69, 9.17) is 16.3 Å². The maximum absolute atomic E-state index is 12.7. The zero-order chi connectivity index (χ0) is 20.3.